The van der Waals surface area contributed by atoms with Crippen LogP contribution in [0.1, 0.15) is 23.7 Å². The standard InChI is InChI=1S/C24H25N3O3S2/c1-14-5-10-19(15(2)11-14)25-21(28)13-31-24-26-20-12-16(3)32-22(20)23(29)27(24)17-6-8-18(30-4)9-7-17/h5-11,16H,12-13H2,1-4H3,(H,25,28). The highest BCUT2D eigenvalue weighted by atomic mass is 32.2. The molecule has 8 heteroatoms. The number of anilines is 1. The number of thioether (sulfide) groups is 2. The van der Waals surface area contributed by atoms with E-state index in [-0.39, 0.29) is 17.2 Å². The number of amides is 1. The number of nitrogens with one attached hydrogen (secondary N) is 1. The van der Waals surface area contributed by atoms with Crippen LogP contribution in [-0.4, -0.2) is 33.6 Å². The zero-order valence-corrected chi connectivity index (χ0v) is 20.1. The minimum absolute atomic E-state index is 0.0909. The first-order valence-electron chi connectivity index (χ1n) is 10.3. The summed E-state index contributed by atoms with van der Waals surface area (Å²) in [5, 5.41) is 3.79. The van der Waals surface area contributed by atoms with E-state index < -0.39 is 0 Å². The molecule has 6 nitrogen and oxygen atoms in total. The van der Waals surface area contributed by atoms with Crippen LogP contribution in [-0.2, 0) is 11.2 Å². The molecule has 1 unspecified atom stereocenters. The molecule has 32 heavy (non-hydrogen) atoms. The molecular formula is C24H25N3O3S2. The number of hydrogen-bond donors (Lipinski definition) is 1. The van der Waals surface area contributed by atoms with Crippen LogP contribution in [0.5, 0.6) is 5.75 Å². The number of fused-ring (bicyclic) bond motifs is 1. The maximum absolute atomic E-state index is 13.4. The molecule has 1 atom stereocenters. The van der Waals surface area contributed by atoms with Crippen molar-refractivity contribution in [1.82, 2.24) is 9.55 Å². The van der Waals surface area contributed by atoms with E-state index in [2.05, 4.69) is 12.2 Å². The van der Waals surface area contributed by atoms with Gasteiger partial charge in [0.25, 0.3) is 5.56 Å². The van der Waals surface area contributed by atoms with Gasteiger partial charge in [0.15, 0.2) is 5.16 Å². The lowest BCUT2D eigenvalue weighted by Crippen LogP contribution is -2.24. The van der Waals surface area contributed by atoms with Crippen molar-refractivity contribution >= 4 is 35.1 Å². The minimum Gasteiger partial charge on any atom is -0.497 e. The second-order valence-electron chi connectivity index (χ2n) is 7.80. The van der Waals surface area contributed by atoms with Gasteiger partial charge in [-0.05, 0) is 49.7 Å². The van der Waals surface area contributed by atoms with Gasteiger partial charge in [0.1, 0.15) is 5.75 Å². The van der Waals surface area contributed by atoms with Gasteiger partial charge in [0.2, 0.25) is 5.91 Å². The second-order valence-corrected chi connectivity index (χ2v) is 10.2. The molecule has 2 heterocycles. The molecule has 1 N–H and O–H groups in total. The lowest BCUT2D eigenvalue weighted by Gasteiger charge is -2.14. The first kappa shape index (κ1) is 22.5. The molecule has 0 aliphatic carbocycles. The lowest BCUT2D eigenvalue weighted by molar-refractivity contribution is -0.113. The smallest absolute Gasteiger partial charge is 0.272 e. The molecule has 166 valence electrons. The normalized spacial score (nSPS) is 14.8. The van der Waals surface area contributed by atoms with Gasteiger partial charge in [-0.1, -0.05) is 36.4 Å². The first-order chi connectivity index (χ1) is 15.4. The highest BCUT2D eigenvalue weighted by Gasteiger charge is 2.27. The van der Waals surface area contributed by atoms with Gasteiger partial charge in [-0.3, -0.25) is 14.2 Å². The number of aryl methyl sites for hydroxylation is 2. The van der Waals surface area contributed by atoms with Crippen molar-refractivity contribution in [2.45, 2.75) is 42.5 Å². The third-order valence-electron chi connectivity index (χ3n) is 5.20. The Bertz CT molecular complexity index is 1220. The van der Waals surface area contributed by atoms with Crippen molar-refractivity contribution in [3.8, 4) is 11.4 Å². The summed E-state index contributed by atoms with van der Waals surface area (Å²) in [5.74, 6) is 0.721. The summed E-state index contributed by atoms with van der Waals surface area (Å²) in [5.41, 5.74) is 4.37. The van der Waals surface area contributed by atoms with Crippen LogP contribution in [0, 0.1) is 13.8 Å². The van der Waals surface area contributed by atoms with Crippen molar-refractivity contribution in [1.29, 1.82) is 0 Å². The molecule has 2 aromatic carbocycles. The average Bonchev–Trinajstić information content (AvgIpc) is 3.15. The zero-order valence-electron chi connectivity index (χ0n) is 18.5. The summed E-state index contributed by atoms with van der Waals surface area (Å²) in [6.07, 6.45) is 0.751. The molecule has 0 saturated heterocycles. The summed E-state index contributed by atoms with van der Waals surface area (Å²) < 4.78 is 6.84. The molecule has 1 aromatic heterocycles. The Morgan fingerprint density at radius 3 is 2.69 bits per heavy atom. The number of carbonyl (C=O) groups is 1. The quantitative estimate of drug-likeness (QED) is 0.421. The number of rotatable bonds is 6. The van der Waals surface area contributed by atoms with Gasteiger partial charge in [0.05, 0.1) is 29.1 Å². The molecule has 1 aliphatic rings. The van der Waals surface area contributed by atoms with E-state index in [1.807, 2.05) is 56.3 Å². The van der Waals surface area contributed by atoms with Gasteiger partial charge in [0, 0.05) is 17.4 Å². The fourth-order valence-electron chi connectivity index (χ4n) is 3.63. The molecule has 4 rings (SSSR count). The third kappa shape index (κ3) is 4.71. The molecule has 0 radical (unpaired) electrons. The maximum Gasteiger partial charge on any atom is 0.272 e. The molecule has 0 saturated carbocycles. The van der Waals surface area contributed by atoms with Crippen LogP contribution in [0.15, 0.2) is 57.3 Å². The number of nitrogens with zero attached hydrogens (tertiary/aromatic N) is 2. The summed E-state index contributed by atoms with van der Waals surface area (Å²) in [6.45, 7) is 6.08. The predicted molar refractivity (Wildman–Crippen MR) is 131 cm³/mol. The summed E-state index contributed by atoms with van der Waals surface area (Å²) in [7, 11) is 1.60. The number of carbonyl (C=O) groups excluding carboxylic acids is 1. The van der Waals surface area contributed by atoms with Crippen LogP contribution in [0.4, 0.5) is 5.69 Å². The molecule has 3 aromatic rings. The Labute approximate surface area is 195 Å². The number of aromatic nitrogens is 2. The Hall–Kier alpha value is -2.71. The van der Waals surface area contributed by atoms with Gasteiger partial charge in [-0.25, -0.2) is 4.98 Å². The van der Waals surface area contributed by atoms with E-state index in [1.54, 1.807) is 23.4 Å². The van der Waals surface area contributed by atoms with Crippen molar-refractivity contribution in [3.63, 3.8) is 0 Å². The lowest BCUT2D eigenvalue weighted by atomic mass is 10.1. The van der Waals surface area contributed by atoms with E-state index >= 15 is 0 Å². The monoisotopic (exact) mass is 467 g/mol. The topological polar surface area (TPSA) is 73.2 Å². The highest BCUT2D eigenvalue weighted by Crippen LogP contribution is 2.35. The van der Waals surface area contributed by atoms with Crippen molar-refractivity contribution < 1.29 is 9.53 Å². The summed E-state index contributed by atoms with van der Waals surface area (Å²) in [6, 6.07) is 13.2. The van der Waals surface area contributed by atoms with Crippen LogP contribution in [0.2, 0.25) is 0 Å². The summed E-state index contributed by atoms with van der Waals surface area (Å²) in [4.78, 5) is 31.5. The predicted octanol–water partition coefficient (Wildman–Crippen LogP) is 4.63. The molecule has 1 aliphatic heterocycles. The highest BCUT2D eigenvalue weighted by molar-refractivity contribution is 8.00. The largest absolute Gasteiger partial charge is 0.497 e. The molecular weight excluding hydrogens is 442 g/mol. The Balaban J connectivity index is 1.62. The fourth-order valence-corrected chi connectivity index (χ4v) is 5.55. The van der Waals surface area contributed by atoms with Gasteiger partial charge in [-0.15, -0.1) is 11.8 Å². The van der Waals surface area contributed by atoms with Crippen molar-refractivity contribution in [3.05, 3.63) is 69.6 Å². The third-order valence-corrected chi connectivity index (χ3v) is 7.35. The Morgan fingerprint density at radius 2 is 2.00 bits per heavy atom. The number of hydrogen-bond acceptors (Lipinski definition) is 6. The van der Waals surface area contributed by atoms with E-state index in [1.165, 1.54) is 11.8 Å². The van der Waals surface area contributed by atoms with Crippen LogP contribution in [0.25, 0.3) is 5.69 Å². The van der Waals surface area contributed by atoms with Crippen LogP contribution < -0.4 is 15.6 Å². The molecule has 0 spiro atoms. The zero-order chi connectivity index (χ0) is 22.8. The van der Waals surface area contributed by atoms with Crippen molar-refractivity contribution in [2.75, 3.05) is 18.2 Å². The molecule has 1 amide bonds. The van der Waals surface area contributed by atoms with Gasteiger partial charge in [-0.2, -0.15) is 0 Å². The first-order valence-corrected chi connectivity index (χ1v) is 12.2. The Morgan fingerprint density at radius 1 is 1.25 bits per heavy atom. The number of methoxy groups -OCH3 is 1. The minimum atomic E-state index is -0.138. The van der Waals surface area contributed by atoms with E-state index in [0.717, 1.165) is 28.9 Å². The van der Waals surface area contributed by atoms with Gasteiger partial charge < -0.3 is 10.1 Å². The molecule has 0 fully saturated rings. The van der Waals surface area contributed by atoms with Gasteiger partial charge >= 0.3 is 0 Å². The molecule has 0 bridgehead atoms. The maximum atomic E-state index is 13.4. The van der Waals surface area contributed by atoms with E-state index in [9.17, 15) is 9.59 Å². The van der Waals surface area contributed by atoms with E-state index in [0.29, 0.717) is 26.7 Å². The van der Waals surface area contributed by atoms with Crippen LogP contribution in [0.3, 0.4) is 0 Å². The number of benzene rings is 2. The SMILES string of the molecule is COc1ccc(-n2c(SCC(=O)Nc3ccc(C)cc3C)nc3c(c2=O)SC(C)C3)cc1. The number of ether oxygens (including phenoxy) is 1. The summed E-state index contributed by atoms with van der Waals surface area (Å²) >= 11 is 2.83. The fraction of sp³-hybridized carbons (Fsp3) is 0.292. The Kier molecular flexibility index (Phi) is 6.62. The second kappa shape index (κ2) is 9.42. The van der Waals surface area contributed by atoms with E-state index in [4.69, 9.17) is 9.72 Å². The average molecular weight is 468 g/mol. The van der Waals surface area contributed by atoms with Crippen molar-refractivity contribution in [2.24, 2.45) is 0 Å². The van der Waals surface area contributed by atoms with Crippen LogP contribution >= 0.6 is 23.5 Å².